The van der Waals surface area contributed by atoms with Gasteiger partial charge >= 0.3 is 6.03 Å². The summed E-state index contributed by atoms with van der Waals surface area (Å²) in [4.78, 5) is 33.9. The number of hydrogen-bond donors (Lipinski definition) is 5. The molecule has 2 aromatic carbocycles. The fraction of sp³-hybridized carbons (Fsp3) is 0.217. The summed E-state index contributed by atoms with van der Waals surface area (Å²) < 4.78 is 5.46. The quantitative estimate of drug-likeness (QED) is 0.332. The number of urea groups is 1. The van der Waals surface area contributed by atoms with E-state index in [2.05, 4.69) is 31.2 Å². The molecule has 182 valence electrons. The molecule has 11 nitrogen and oxygen atoms in total. The van der Waals surface area contributed by atoms with Crippen LogP contribution in [0, 0.1) is 0 Å². The summed E-state index contributed by atoms with van der Waals surface area (Å²) >= 11 is 6.30. The third kappa shape index (κ3) is 5.89. The van der Waals surface area contributed by atoms with Gasteiger partial charge in [0.05, 0.1) is 49.6 Å². The summed E-state index contributed by atoms with van der Waals surface area (Å²) in [7, 11) is 1.51. The lowest BCUT2D eigenvalue weighted by molar-refractivity contribution is -0.114. The van der Waals surface area contributed by atoms with Crippen LogP contribution in [-0.4, -0.2) is 58.2 Å². The van der Waals surface area contributed by atoms with Crippen molar-refractivity contribution in [3.63, 3.8) is 0 Å². The van der Waals surface area contributed by atoms with E-state index in [0.29, 0.717) is 47.4 Å². The second kappa shape index (κ2) is 10.5. The van der Waals surface area contributed by atoms with E-state index in [1.54, 1.807) is 36.4 Å². The standard InChI is InChI=1S/C23H24ClN7O4/c1-13(32)26-17-5-3-4-6-18(17)28-21-16(24)10-25-22(30-21)29-19-8-7-14(9-20(19)35-2)27-23(34)31-11-15(33)12-31/h3-10,15,33H,11-12H2,1-2H3,(H,26,32)(H,27,34)(H2,25,28,29,30). The Morgan fingerprint density at radius 1 is 1.09 bits per heavy atom. The van der Waals surface area contributed by atoms with Crippen molar-refractivity contribution in [1.29, 1.82) is 0 Å². The number of β-amino-alcohol motifs (C(OH)–C–C–N with tert-alkyl or cyclic N) is 1. The molecule has 0 saturated carbocycles. The minimum Gasteiger partial charge on any atom is -0.494 e. The minimum atomic E-state index is -0.473. The number of nitrogens with one attached hydrogen (secondary N) is 4. The van der Waals surface area contributed by atoms with E-state index >= 15 is 0 Å². The molecule has 0 radical (unpaired) electrons. The molecule has 0 aliphatic carbocycles. The van der Waals surface area contributed by atoms with Crippen LogP contribution < -0.4 is 26.0 Å². The fourth-order valence-electron chi connectivity index (χ4n) is 3.35. The monoisotopic (exact) mass is 497 g/mol. The van der Waals surface area contributed by atoms with Gasteiger partial charge in [0, 0.05) is 18.7 Å². The average Bonchev–Trinajstić information content (AvgIpc) is 2.81. The number of aromatic nitrogens is 2. The normalized spacial score (nSPS) is 13.0. The highest BCUT2D eigenvalue weighted by Crippen LogP contribution is 2.32. The number of methoxy groups -OCH3 is 1. The molecular formula is C23H24ClN7O4. The van der Waals surface area contributed by atoms with Gasteiger partial charge in [0.15, 0.2) is 5.82 Å². The van der Waals surface area contributed by atoms with Crippen LogP contribution in [0.5, 0.6) is 5.75 Å². The predicted octanol–water partition coefficient (Wildman–Crippen LogP) is 3.79. The highest BCUT2D eigenvalue weighted by atomic mass is 35.5. The Morgan fingerprint density at radius 2 is 1.83 bits per heavy atom. The number of amides is 3. The Hall–Kier alpha value is -4.09. The Labute approximate surface area is 206 Å². The number of hydrogen-bond acceptors (Lipinski definition) is 8. The van der Waals surface area contributed by atoms with Crippen molar-refractivity contribution in [1.82, 2.24) is 14.9 Å². The van der Waals surface area contributed by atoms with E-state index in [4.69, 9.17) is 16.3 Å². The van der Waals surface area contributed by atoms with Crippen LogP contribution in [0.4, 0.5) is 39.3 Å². The first kappa shape index (κ1) is 24.0. The Bertz CT molecular complexity index is 1250. The van der Waals surface area contributed by atoms with Crippen LogP contribution in [0.25, 0.3) is 0 Å². The maximum atomic E-state index is 12.2. The highest BCUT2D eigenvalue weighted by molar-refractivity contribution is 6.33. The van der Waals surface area contributed by atoms with Crippen molar-refractivity contribution < 1.29 is 19.4 Å². The molecule has 0 unspecified atom stereocenters. The number of aliphatic hydroxyl groups is 1. The summed E-state index contributed by atoms with van der Waals surface area (Å²) in [6, 6.07) is 12.0. The molecule has 3 amide bonds. The number of rotatable bonds is 7. The summed E-state index contributed by atoms with van der Waals surface area (Å²) in [5.74, 6) is 0.834. The number of benzene rings is 2. The molecule has 1 aromatic heterocycles. The zero-order valence-electron chi connectivity index (χ0n) is 19.0. The average molecular weight is 498 g/mol. The Balaban J connectivity index is 1.50. The van der Waals surface area contributed by atoms with E-state index in [0.717, 1.165) is 0 Å². The van der Waals surface area contributed by atoms with Crippen molar-refractivity contribution in [3.05, 3.63) is 53.7 Å². The number of carbonyl (C=O) groups excluding carboxylic acids is 2. The maximum Gasteiger partial charge on any atom is 0.322 e. The molecule has 2 heterocycles. The van der Waals surface area contributed by atoms with Gasteiger partial charge in [0.2, 0.25) is 11.9 Å². The van der Waals surface area contributed by atoms with Crippen molar-refractivity contribution in [3.8, 4) is 5.75 Å². The number of para-hydroxylation sites is 2. The molecule has 1 aliphatic heterocycles. The lowest BCUT2D eigenvalue weighted by Crippen LogP contribution is -2.54. The van der Waals surface area contributed by atoms with Crippen LogP contribution in [0.1, 0.15) is 6.92 Å². The number of halogens is 1. The van der Waals surface area contributed by atoms with E-state index in [-0.39, 0.29) is 22.9 Å². The van der Waals surface area contributed by atoms with Gasteiger partial charge in [0.25, 0.3) is 0 Å². The summed E-state index contributed by atoms with van der Waals surface area (Å²) in [5, 5.41) is 21.4. The second-order valence-electron chi connectivity index (χ2n) is 7.77. The van der Waals surface area contributed by atoms with Crippen molar-refractivity contribution >= 4 is 58.1 Å². The molecule has 35 heavy (non-hydrogen) atoms. The van der Waals surface area contributed by atoms with E-state index in [9.17, 15) is 14.7 Å². The van der Waals surface area contributed by atoms with Gasteiger partial charge < -0.3 is 36.0 Å². The van der Waals surface area contributed by atoms with Gasteiger partial charge in [-0.05, 0) is 24.3 Å². The van der Waals surface area contributed by atoms with E-state index < -0.39 is 6.10 Å². The van der Waals surface area contributed by atoms with Crippen LogP contribution in [0.2, 0.25) is 5.02 Å². The zero-order valence-corrected chi connectivity index (χ0v) is 19.8. The minimum absolute atomic E-state index is 0.204. The molecule has 1 saturated heterocycles. The van der Waals surface area contributed by atoms with Gasteiger partial charge in [-0.1, -0.05) is 23.7 Å². The predicted molar refractivity (Wildman–Crippen MR) is 134 cm³/mol. The summed E-state index contributed by atoms with van der Waals surface area (Å²) in [6.07, 6.45) is 0.975. The first-order chi connectivity index (χ1) is 16.8. The zero-order chi connectivity index (χ0) is 24.9. The molecular weight excluding hydrogens is 474 g/mol. The van der Waals surface area contributed by atoms with Gasteiger partial charge in [0.1, 0.15) is 10.8 Å². The molecule has 3 aromatic rings. The van der Waals surface area contributed by atoms with Crippen LogP contribution >= 0.6 is 11.6 Å². The highest BCUT2D eigenvalue weighted by Gasteiger charge is 2.28. The largest absolute Gasteiger partial charge is 0.494 e. The molecule has 0 bridgehead atoms. The molecule has 0 atom stereocenters. The molecule has 12 heteroatoms. The molecule has 4 rings (SSSR count). The van der Waals surface area contributed by atoms with Gasteiger partial charge in [-0.25, -0.2) is 9.78 Å². The van der Waals surface area contributed by atoms with Crippen LogP contribution in [-0.2, 0) is 4.79 Å². The number of likely N-dealkylation sites (tertiary alicyclic amines) is 1. The SMILES string of the molecule is COc1cc(NC(=O)N2CC(O)C2)ccc1Nc1ncc(Cl)c(Nc2ccccc2NC(C)=O)n1. The van der Waals surface area contributed by atoms with E-state index in [1.165, 1.54) is 25.1 Å². The Morgan fingerprint density at radius 3 is 2.51 bits per heavy atom. The third-order valence-corrected chi connectivity index (χ3v) is 5.36. The first-order valence-corrected chi connectivity index (χ1v) is 11.1. The fourth-order valence-corrected chi connectivity index (χ4v) is 3.49. The van der Waals surface area contributed by atoms with Gasteiger partial charge in [-0.2, -0.15) is 4.98 Å². The smallest absolute Gasteiger partial charge is 0.322 e. The Kier molecular flexibility index (Phi) is 7.18. The van der Waals surface area contributed by atoms with Crippen LogP contribution in [0.15, 0.2) is 48.7 Å². The number of carbonyl (C=O) groups is 2. The summed E-state index contributed by atoms with van der Waals surface area (Å²) in [6.45, 7) is 2.04. The molecule has 1 aliphatic rings. The number of nitrogens with zero attached hydrogens (tertiary/aromatic N) is 3. The molecule has 1 fully saturated rings. The van der Waals surface area contributed by atoms with Gasteiger partial charge in [-0.15, -0.1) is 0 Å². The van der Waals surface area contributed by atoms with Crippen molar-refractivity contribution in [2.75, 3.05) is 41.5 Å². The van der Waals surface area contributed by atoms with Crippen LogP contribution in [0.3, 0.4) is 0 Å². The summed E-state index contributed by atoms with van der Waals surface area (Å²) in [5.41, 5.74) is 2.29. The number of ether oxygens (including phenoxy) is 1. The lowest BCUT2D eigenvalue weighted by Gasteiger charge is -2.35. The number of anilines is 6. The second-order valence-corrected chi connectivity index (χ2v) is 8.18. The van der Waals surface area contributed by atoms with Gasteiger partial charge in [-0.3, -0.25) is 4.79 Å². The van der Waals surface area contributed by atoms with Crippen molar-refractivity contribution in [2.45, 2.75) is 13.0 Å². The van der Waals surface area contributed by atoms with Crippen molar-refractivity contribution in [2.24, 2.45) is 0 Å². The molecule has 0 spiro atoms. The third-order valence-electron chi connectivity index (χ3n) is 5.08. The topological polar surface area (TPSA) is 141 Å². The maximum absolute atomic E-state index is 12.2. The first-order valence-electron chi connectivity index (χ1n) is 10.7. The molecule has 5 N–H and O–H groups in total. The lowest BCUT2D eigenvalue weighted by atomic mass is 10.2. The van der Waals surface area contributed by atoms with E-state index in [1.807, 2.05) is 6.07 Å². The number of aliphatic hydroxyl groups excluding tert-OH is 1.